The Morgan fingerprint density at radius 3 is 2.86 bits per heavy atom. The van der Waals surface area contributed by atoms with Crippen LogP contribution in [0.25, 0.3) is 0 Å². The molecule has 0 aliphatic carbocycles. The highest BCUT2D eigenvalue weighted by Gasteiger charge is 2.48. The molecule has 0 saturated carbocycles. The number of carbonyl (C=O) groups excluding carboxylic acids is 1. The van der Waals surface area contributed by atoms with Crippen molar-refractivity contribution in [2.75, 3.05) is 13.2 Å². The molecular weight excluding hydrogens is 272 g/mol. The van der Waals surface area contributed by atoms with E-state index in [1.165, 1.54) is 4.90 Å². The molecule has 2 heterocycles. The van der Waals surface area contributed by atoms with E-state index in [-0.39, 0.29) is 0 Å². The zero-order valence-electron chi connectivity index (χ0n) is 11.9. The number of aliphatic hydroxyl groups excluding tert-OH is 1. The van der Waals surface area contributed by atoms with Crippen molar-refractivity contribution in [2.24, 2.45) is 0 Å². The first kappa shape index (κ1) is 13.7. The smallest absolute Gasteiger partial charge is 0.410 e. The number of hydrogen-bond acceptors (Lipinski definition) is 5. The van der Waals surface area contributed by atoms with Crippen LogP contribution in [0.15, 0.2) is 18.2 Å². The molecule has 6 heteroatoms. The average Bonchev–Trinajstić information content (AvgIpc) is 2.86. The van der Waals surface area contributed by atoms with E-state index in [1.807, 2.05) is 0 Å². The summed E-state index contributed by atoms with van der Waals surface area (Å²) in [5.74, 6) is 0.578. The standard InChI is InChI=1S/C15H16N2O4/c1-15(2)13(18)12(17-5-6-20-14(17)19)10-7-9(8-16)3-4-11(10)21-15/h3-4,7,12-13,18H,5-6H2,1-2H3/t12?,13-/m0/s1. The van der Waals surface area contributed by atoms with Gasteiger partial charge in [-0.15, -0.1) is 0 Å². The SMILES string of the molecule is CC1(C)Oc2ccc(C#N)cc2C(N2CCOC2=O)[C@@H]1O. The zero-order chi connectivity index (χ0) is 15.2. The summed E-state index contributed by atoms with van der Waals surface area (Å²) < 4.78 is 10.8. The van der Waals surface area contributed by atoms with Gasteiger partial charge in [-0.3, -0.25) is 4.90 Å². The monoisotopic (exact) mass is 288 g/mol. The van der Waals surface area contributed by atoms with E-state index in [9.17, 15) is 9.90 Å². The van der Waals surface area contributed by atoms with E-state index < -0.39 is 23.8 Å². The number of nitriles is 1. The minimum absolute atomic E-state index is 0.302. The van der Waals surface area contributed by atoms with Crippen molar-refractivity contribution in [3.8, 4) is 11.8 Å². The summed E-state index contributed by atoms with van der Waals surface area (Å²) in [5, 5.41) is 19.7. The molecule has 1 aromatic rings. The molecule has 1 unspecified atom stereocenters. The highest BCUT2D eigenvalue weighted by Crippen LogP contribution is 2.43. The molecule has 1 amide bonds. The lowest BCUT2D eigenvalue weighted by molar-refractivity contribution is -0.0830. The van der Waals surface area contributed by atoms with Crippen molar-refractivity contribution in [1.82, 2.24) is 4.90 Å². The molecule has 1 N–H and O–H groups in total. The van der Waals surface area contributed by atoms with Crippen LogP contribution in [0, 0.1) is 11.3 Å². The van der Waals surface area contributed by atoms with Crippen LogP contribution in [0.4, 0.5) is 4.79 Å². The van der Waals surface area contributed by atoms with Gasteiger partial charge in [0.05, 0.1) is 24.2 Å². The van der Waals surface area contributed by atoms with E-state index in [0.717, 1.165) is 0 Å². The Balaban J connectivity index is 2.12. The number of cyclic esters (lactones) is 1. The van der Waals surface area contributed by atoms with Crippen molar-refractivity contribution in [1.29, 1.82) is 5.26 Å². The quantitative estimate of drug-likeness (QED) is 0.848. The molecule has 2 aliphatic rings. The second kappa shape index (κ2) is 4.64. The Labute approximate surface area is 122 Å². The van der Waals surface area contributed by atoms with Gasteiger partial charge in [-0.2, -0.15) is 5.26 Å². The van der Waals surface area contributed by atoms with Crippen LogP contribution >= 0.6 is 0 Å². The largest absolute Gasteiger partial charge is 0.485 e. The summed E-state index contributed by atoms with van der Waals surface area (Å²) in [5.41, 5.74) is 0.260. The van der Waals surface area contributed by atoms with Gasteiger partial charge in [-0.05, 0) is 32.0 Å². The molecule has 0 aromatic heterocycles. The molecule has 2 aliphatic heterocycles. The number of carbonyl (C=O) groups is 1. The summed E-state index contributed by atoms with van der Waals surface area (Å²) in [6.07, 6.45) is -1.37. The molecule has 110 valence electrons. The van der Waals surface area contributed by atoms with Crippen LogP contribution < -0.4 is 4.74 Å². The highest BCUT2D eigenvalue weighted by molar-refractivity contribution is 5.70. The first-order valence-corrected chi connectivity index (χ1v) is 6.78. The zero-order valence-corrected chi connectivity index (χ0v) is 11.9. The van der Waals surface area contributed by atoms with Crippen LogP contribution in [0.2, 0.25) is 0 Å². The van der Waals surface area contributed by atoms with Crippen molar-refractivity contribution in [3.05, 3.63) is 29.3 Å². The van der Waals surface area contributed by atoms with Crippen molar-refractivity contribution in [3.63, 3.8) is 0 Å². The lowest BCUT2D eigenvalue weighted by atomic mass is 9.85. The van der Waals surface area contributed by atoms with Gasteiger partial charge in [0, 0.05) is 5.56 Å². The highest BCUT2D eigenvalue weighted by atomic mass is 16.6. The summed E-state index contributed by atoms with van der Waals surface area (Å²) in [4.78, 5) is 13.4. The molecular formula is C15H16N2O4. The second-order valence-corrected chi connectivity index (χ2v) is 5.77. The number of amides is 1. The van der Waals surface area contributed by atoms with Gasteiger partial charge in [-0.1, -0.05) is 0 Å². The lowest BCUT2D eigenvalue weighted by Crippen LogP contribution is -2.53. The number of hydrogen-bond donors (Lipinski definition) is 1. The molecule has 0 bridgehead atoms. The number of fused-ring (bicyclic) bond motifs is 1. The van der Waals surface area contributed by atoms with E-state index >= 15 is 0 Å². The minimum Gasteiger partial charge on any atom is -0.485 e. The summed E-state index contributed by atoms with van der Waals surface area (Å²) in [6.45, 7) is 4.25. The Hall–Kier alpha value is -2.26. The van der Waals surface area contributed by atoms with E-state index in [1.54, 1.807) is 32.0 Å². The van der Waals surface area contributed by atoms with Crippen LogP contribution in [-0.4, -0.2) is 41.0 Å². The molecule has 0 spiro atoms. The van der Waals surface area contributed by atoms with Gasteiger partial charge in [-0.25, -0.2) is 4.79 Å². The van der Waals surface area contributed by atoms with Crippen LogP contribution in [0.1, 0.15) is 31.0 Å². The normalized spacial score (nSPS) is 26.6. The summed E-state index contributed by atoms with van der Waals surface area (Å²) in [6, 6.07) is 6.51. The van der Waals surface area contributed by atoms with Gasteiger partial charge in [0.1, 0.15) is 24.1 Å². The van der Waals surface area contributed by atoms with E-state index in [0.29, 0.717) is 30.0 Å². The fourth-order valence-corrected chi connectivity index (χ4v) is 2.83. The number of aliphatic hydroxyl groups is 1. The minimum atomic E-state index is -0.912. The van der Waals surface area contributed by atoms with Gasteiger partial charge in [0.15, 0.2) is 0 Å². The van der Waals surface area contributed by atoms with E-state index in [4.69, 9.17) is 14.7 Å². The first-order chi connectivity index (χ1) is 9.94. The third-order valence-electron chi connectivity index (χ3n) is 3.97. The summed E-state index contributed by atoms with van der Waals surface area (Å²) >= 11 is 0. The maximum Gasteiger partial charge on any atom is 0.410 e. The van der Waals surface area contributed by atoms with Crippen LogP contribution in [0.3, 0.4) is 0 Å². The van der Waals surface area contributed by atoms with Crippen LogP contribution in [-0.2, 0) is 4.74 Å². The molecule has 6 nitrogen and oxygen atoms in total. The van der Waals surface area contributed by atoms with Crippen LogP contribution in [0.5, 0.6) is 5.75 Å². The molecule has 1 aromatic carbocycles. The fraction of sp³-hybridized carbons (Fsp3) is 0.467. The Morgan fingerprint density at radius 2 is 2.24 bits per heavy atom. The van der Waals surface area contributed by atoms with Gasteiger partial charge < -0.3 is 14.6 Å². The van der Waals surface area contributed by atoms with E-state index in [2.05, 4.69) is 6.07 Å². The third-order valence-corrected chi connectivity index (χ3v) is 3.97. The number of ether oxygens (including phenoxy) is 2. The fourth-order valence-electron chi connectivity index (χ4n) is 2.83. The Morgan fingerprint density at radius 1 is 1.48 bits per heavy atom. The molecule has 3 rings (SSSR count). The maximum atomic E-state index is 11.9. The van der Waals surface area contributed by atoms with Gasteiger partial charge in [0.2, 0.25) is 0 Å². The summed E-state index contributed by atoms with van der Waals surface area (Å²) in [7, 11) is 0. The van der Waals surface area contributed by atoms with Gasteiger partial charge in [0.25, 0.3) is 0 Å². The maximum absolute atomic E-state index is 11.9. The Bertz CT molecular complexity index is 635. The molecule has 2 atom stereocenters. The van der Waals surface area contributed by atoms with Crippen molar-refractivity contribution < 1.29 is 19.4 Å². The molecule has 0 radical (unpaired) electrons. The Kier molecular flexibility index (Phi) is 3.03. The molecule has 1 fully saturated rings. The molecule has 1 saturated heterocycles. The van der Waals surface area contributed by atoms with Crippen molar-refractivity contribution >= 4 is 6.09 Å². The average molecular weight is 288 g/mol. The number of benzene rings is 1. The van der Waals surface area contributed by atoms with Gasteiger partial charge >= 0.3 is 6.09 Å². The molecule has 21 heavy (non-hydrogen) atoms. The number of rotatable bonds is 1. The topological polar surface area (TPSA) is 82.8 Å². The number of nitrogens with zero attached hydrogens (tertiary/aromatic N) is 2. The second-order valence-electron chi connectivity index (χ2n) is 5.77. The predicted octanol–water partition coefficient (Wildman–Crippen LogP) is 1.58. The van der Waals surface area contributed by atoms with Crippen molar-refractivity contribution in [2.45, 2.75) is 31.6 Å². The lowest BCUT2D eigenvalue weighted by Gasteiger charge is -2.44. The predicted molar refractivity (Wildman–Crippen MR) is 72.7 cm³/mol. The first-order valence-electron chi connectivity index (χ1n) is 6.78. The third kappa shape index (κ3) is 2.10.